The number of primary amides is 1. The third-order valence-electron chi connectivity index (χ3n) is 4.07. The van der Waals surface area contributed by atoms with Crippen LogP contribution in [0.4, 0.5) is 9.18 Å². The van der Waals surface area contributed by atoms with Gasteiger partial charge in [-0.15, -0.1) is 0 Å². The third-order valence-corrected chi connectivity index (χ3v) is 4.50. The number of aliphatic carboxylic acids is 1. The van der Waals surface area contributed by atoms with Gasteiger partial charge in [-0.25, -0.2) is 9.18 Å². The predicted molar refractivity (Wildman–Crippen MR) is 114 cm³/mol. The smallest absolute Gasteiger partial charge is 0.407 e. The van der Waals surface area contributed by atoms with E-state index >= 15 is 0 Å². The summed E-state index contributed by atoms with van der Waals surface area (Å²) in [6.07, 6.45) is -0.347. The number of benzene rings is 1. The number of ether oxygens (including phenoxy) is 2. The molecule has 2 amide bonds. The van der Waals surface area contributed by atoms with Crippen molar-refractivity contribution in [2.75, 3.05) is 6.61 Å². The molecule has 8 nitrogen and oxygen atoms in total. The molecule has 174 valence electrons. The van der Waals surface area contributed by atoms with E-state index in [1.807, 2.05) is 0 Å². The zero-order chi connectivity index (χ0) is 23.8. The van der Waals surface area contributed by atoms with Crippen molar-refractivity contribution in [1.82, 2.24) is 5.32 Å². The van der Waals surface area contributed by atoms with Gasteiger partial charge in [0.15, 0.2) is 0 Å². The Balaban J connectivity index is 2.91. The number of carbonyl (C=O) groups is 3. The van der Waals surface area contributed by atoms with Gasteiger partial charge in [-0.3, -0.25) is 9.59 Å². The second kappa shape index (κ2) is 11.7. The van der Waals surface area contributed by atoms with Gasteiger partial charge < -0.3 is 25.6 Å². The van der Waals surface area contributed by atoms with Gasteiger partial charge >= 0.3 is 12.1 Å². The minimum Gasteiger partial charge on any atom is -0.490 e. The first-order valence-electron chi connectivity index (χ1n) is 9.87. The number of rotatable bonds is 11. The largest absolute Gasteiger partial charge is 0.490 e. The molecular weight excluding hydrogens is 431 g/mol. The van der Waals surface area contributed by atoms with Crippen molar-refractivity contribution in [3.63, 3.8) is 0 Å². The molecule has 10 heteroatoms. The van der Waals surface area contributed by atoms with Crippen molar-refractivity contribution >= 4 is 29.6 Å². The molecule has 0 heterocycles. The minimum absolute atomic E-state index is 0.00133. The van der Waals surface area contributed by atoms with Crippen molar-refractivity contribution in [3.8, 4) is 5.75 Å². The maximum atomic E-state index is 14.1. The minimum atomic E-state index is -0.956. The topological polar surface area (TPSA) is 128 Å². The van der Waals surface area contributed by atoms with E-state index in [0.717, 1.165) is 6.07 Å². The summed E-state index contributed by atoms with van der Waals surface area (Å²) in [7, 11) is 0. The Morgan fingerprint density at radius 1 is 1.29 bits per heavy atom. The highest BCUT2D eigenvalue weighted by Crippen LogP contribution is 2.32. The lowest BCUT2D eigenvalue weighted by atomic mass is 9.98. The van der Waals surface area contributed by atoms with Gasteiger partial charge in [0.25, 0.3) is 0 Å². The van der Waals surface area contributed by atoms with Gasteiger partial charge in [0.05, 0.1) is 11.1 Å². The fourth-order valence-corrected chi connectivity index (χ4v) is 3.04. The number of carboxylic acids is 1. The van der Waals surface area contributed by atoms with E-state index in [1.165, 1.54) is 6.07 Å². The molecule has 0 saturated carbocycles. The Labute approximate surface area is 186 Å². The van der Waals surface area contributed by atoms with E-state index in [0.29, 0.717) is 5.56 Å². The lowest BCUT2D eigenvalue weighted by molar-refractivity contribution is -0.138. The summed E-state index contributed by atoms with van der Waals surface area (Å²) in [5.41, 5.74) is 4.89. The van der Waals surface area contributed by atoms with Crippen molar-refractivity contribution in [2.45, 2.75) is 65.0 Å². The van der Waals surface area contributed by atoms with Crippen LogP contribution in [0.15, 0.2) is 12.1 Å². The van der Waals surface area contributed by atoms with Gasteiger partial charge in [0.1, 0.15) is 23.8 Å². The van der Waals surface area contributed by atoms with E-state index in [2.05, 4.69) is 5.32 Å². The molecule has 0 bridgehead atoms. The summed E-state index contributed by atoms with van der Waals surface area (Å²) in [5.74, 6) is -2.31. The number of nitrogens with one attached hydrogen (secondary N) is 1. The molecule has 0 aliphatic rings. The summed E-state index contributed by atoms with van der Waals surface area (Å²) in [4.78, 5) is 34.1. The molecule has 1 rings (SSSR count). The lowest BCUT2D eigenvalue weighted by Crippen LogP contribution is -2.42. The highest BCUT2D eigenvalue weighted by molar-refractivity contribution is 6.32. The Bertz CT molecular complexity index is 797. The number of hydrogen-bond acceptors (Lipinski definition) is 5. The van der Waals surface area contributed by atoms with Crippen LogP contribution in [0, 0.1) is 11.7 Å². The molecule has 0 aliphatic carbocycles. The normalized spacial score (nSPS) is 13.2. The van der Waals surface area contributed by atoms with E-state index in [9.17, 15) is 18.8 Å². The molecule has 1 aromatic carbocycles. The van der Waals surface area contributed by atoms with Gasteiger partial charge in [-0.05, 0) is 51.2 Å². The summed E-state index contributed by atoms with van der Waals surface area (Å²) in [6.45, 7) is 6.74. The first kappa shape index (κ1) is 26.5. The van der Waals surface area contributed by atoms with Gasteiger partial charge in [-0.1, -0.05) is 18.5 Å². The maximum Gasteiger partial charge on any atom is 0.407 e. The van der Waals surface area contributed by atoms with Gasteiger partial charge in [0, 0.05) is 18.9 Å². The van der Waals surface area contributed by atoms with Crippen LogP contribution in [0.1, 0.15) is 52.5 Å². The monoisotopic (exact) mass is 460 g/mol. The maximum absolute atomic E-state index is 14.1. The van der Waals surface area contributed by atoms with E-state index in [-0.39, 0.29) is 49.0 Å². The van der Waals surface area contributed by atoms with Crippen LogP contribution in [0.2, 0.25) is 5.02 Å². The van der Waals surface area contributed by atoms with E-state index in [4.69, 9.17) is 31.9 Å². The zero-order valence-corrected chi connectivity index (χ0v) is 18.9. The van der Waals surface area contributed by atoms with Crippen LogP contribution in [-0.4, -0.2) is 41.3 Å². The third kappa shape index (κ3) is 10.9. The van der Waals surface area contributed by atoms with E-state index < -0.39 is 35.4 Å². The number of nitrogens with two attached hydrogens (primary N) is 1. The fourth-order valence-electron chi connectivity index (χ4n) is 2.80. The molecule has 0 saturated heterocycles. The highest BCUT2D eigenvalue weighted by atomic mass is 35.5. The molecule has 0 fully saturated rings. The molecule has 1 aromatic rings. The fraction of sp³-hybridized carbons (Fsp3) is 0.571. The Kier molecular flexibility index (Phi) is 10.0. The first-order chi connectivity index (χ1) is 14.3. The van der Waals surface area contributed by atoms with Crippen LogP contribution in [0.25, 0.3) is 0 Å². The Morgan fingerprint density at radius 2 is 1.94 bits per heavy atom. The number of carboxylic acid groups (broad SMARTS) is 1. The molecule has 2 atom stereocenters. The molecule has 0 aliphatic heterocycles. The van der Waals surface area contributed by atoms with Crippen molar-refractivity contribution in [3.05, 3.63) is 28.5 Å². The zero-order valence-electron chi connectivity index (χ0n) is 18.2. The molecule has 31 heavy (non-hydrogen) atoms. The average Bonchev–Trinajstić information content (AvgIpc) is 2.58. The molecule has 4 N–H and O–H groups in total. The van der Waals surface area contributed by atoms with Crippen molar-refractivity contribution in [1.29, 1.82) is 0 Å². The SMILES string of the molecule is CC(CC(=O)O)Cc1cc(F)cc(OC[C@H](CCC(N)=O)NC(=O)OC(C)(C)C)c1Cl. The van der Waals surface area contributed by atoms with Crippen LogP contribution in [0.5, 0.6) is 5.75 Å². The number of carbonyl (C=O) groups excluding carboxylic acids is 2. The van der Waals surface area contributed by atoms with Crippen LogP contribution in [0.3, 0.4) is 0 Å². The number of alkyl carbamates (subject to hydrolysis) is 1. The molecule has 1 unspecified atom stereocenters. The van der Waals surface area contributed by atoms with Gasteiger partial charge in [0.2, 0.25) is 5.91 Å². The average molecular weight is 461 g/mol. The Morgan fingerprint density at radius 3 is 2.48 bits per heavy atom. The second-order valence-electron chi connectivity index (χ2n) is 8.44. The summed E-state index contributed by atoms with van der Waals surface area (Å²) >= 11 is 6.34. The summed E-state index contributed by atoms with van der Waals surface area (Å²) in [5, 5.41) is 11.7. The lowest BCUT2D eigenvalue weighted by Gasteiger charge is -2.24. The second-order valence-corrected chi connectivity index (χ2v) is 8.82. The standard InChI is InChI=1S/C21H30ClFN2O6/c1-12(8-18(27)28)7-13-9-14(23)10-16(19(13)22)30-11-15(5-6-17(24)26)25-20(29)31-21(2,3)4/h9-10,12,15H,5-8,11H2,1-4H3,(H2,24,26)(H,25,29)(H,27,28)/t12?,15-/m0/s1. The van der Waals surface area contributed by atoms with Crippen LogP contribution in [-0.2, 0) is 20.7 Å². The summed E-state index contributed by atoms with van der Waals surface area (Å²) in [6, 6.07) is 1.69. The van der Waals surface area contributed by atoms with Crippen molar-refractivity contribution < 1.29 is 33.4 Å². The van der Waals surface area contributed by atoms with Gasteiger partial charge in [-0.2, -0.15) is 0 Å². The molecule has 0 radical (unpaired) electrons. The van der Waals surface area contributed by atoms with Crippen molar-refractivity contribution in [2.24, 2.45) is 11.7 Å². The van der Waals surface area contributed by atoms with E-state index in [1.54, 1.807) is 27.7 Å². The Hall–Kier alpha value is -2.55. The summed E-state index contributed by atoms with van der Waals surface area (Å²) < 4.78 is 24.9. The molecule has 0 aromatic heterocycles. The number of hydrogen-bond donors (Lipinski definition) is 3. The van der Waals surface area contributed by atoms with Crippen LogP contribution < -0.4 is 15.8 Å². The number of amides is 2. The number of halogens is 2. The highest BCUT2D eigenvalue weighted by Gasteiger charge is 2.22. The quantitative estimate of drug-likeness (QED) is 0.462. The molecule has 0 spiro atoms. The first-order valence-corrected chi connectivity index (χ1v) is 10.2. The van der Waals surface area contributed by atoms with Crippen LogP contribution >= 0.6 is 11.6 Å². The predicted octanol–water partition coefficient (Wildman–Crippen LogP) is 3.67. The molecular formula is C21H30ClFN2O6.